The standard InChI is InChI=1S/C14H16N2O3/c1-8-9(2)14(17)16-15-13(8)11-6-5-10(18-3)7-12(11)19-4/h5-7H,1-4H3,(H,16,17). The van der Waals surface area contributed by atoms with Crippen LogP contribution in [0.4, 0.5) is 0 Å². The maximum absolute atomic E-state index is 11.5. The lowest BCUT2D eigenvalue weighted by Gasteiger charge is -2.12. The molecule has 0 saturated heterocycles. The van der Waals surface area contributed by atoms with Gasteiger partial charge >= 0.3 is 0 Å². The second-order valence-corrected chi connectivity index (χ2v) is 4.22. The van der Waals surface area contributed by atoms with Gasteiger partial charge in [0.1, 0.15) is 11.5 Å². The van der Waals surface area contributed by atoms with E-state index in [2.05, 4.69) is 10.2 Å². The molecule has 0 bridgehead atoms. The Morgan fingerprint density at radius 1 is 1.11 bits per heavy atom. The molecule has 0 spiro atoms. The quantitative estimate of drug-likeness (QED) is 0.917. The Labute approximate surface area is 111 Å². The molecule has 1 aromatic heterocycles. The van der Waals surface area contributed by atoms with E-state index in [1.807, 2.05) is 19.1 Å². The van der Waals surface area contributed by atoms with Crippen LogP contribution in [0.3, 0.4) is 0 Å². The van der Waals surface area contributed by atoms with Gasteiger partial charge in [-0.3, -0.25) is 4.79 Å². The topological polar surface area (TPSA) is 64.2 Å². The first-order valence-electron chi connectivity index (χ1n) is 5.86. The Bertz CT molecular complexity index is 662. The predicted molar refractivity (Wildman–Crippen MR) is 72.9 cm³/mol. The number of hydrogen-bond donors (Lipinski definition) is 1. The summed E-state index contributed by atoms with van der Waals surface area (Å²) in [5.41, 5.74) is 2.85. The second-order valence-electron chi connectivity index (χ2n) is 4.22. The number of nitrogens with one attached hydrogen (secondary N) is 1. The Morgan fingerprint density at radius 3 is 2.47 bits per heavy atom. The van der Waals surface area contributed by atoms with Crippen LogP contribution in [0, 0.1) is 13.8 Å². The van der Waals surface area contributed by atoms with Gasteiger partial charge in [0.05, 0.1) is 19.9 Å². The van der Waals surface area contributed by atoms with E-state index >= 15 is 0 Å². The Balaban J connectivity index is 2.65. The van der Waals surface area contributed by atoms with Crippen LogP contribution < -0.4 is 15.0 Å². The van der Waals surface area contributed by atoms with Crippen molar-refractivity contribution in [1.82, 2.24) is 10.2 Å². The van der Waals surface area contributed by atoms with E-state index in [0.717, 1.165) is 11.1 Å². The van der Waals surface area contributed by atoms with Crippen LogP contribution in [0.1, 0.15) is 11.1 Å². The molecule has 0 radical (unpaired) electrons. The average Bonchev–Trinajstić information content (AvgIpc) is 2.44. The zero-order valence-electron chi connectivity index (χ0n) is 11.4. The minimum atomic E-state index is -0.172. The zero-order valence-corrected chi connectivity index (χ0v) is 11.4. The Morgan fingerprint density at radius 2 is 1.84 bits per heavy atom. The molecule has 2 rings (SSSR count). The van der Waals surface area contributed by atoms with Gasteiger partial charge in [0, 0.05) is 17.2 Å². The maximum atomic E-state index is 11.5. The van der Waals surface area contributed by atoms with Crippen LogP contribution >= 0.6 is 0 Å². The van der Waals surface area contributed by atoms with E-state index in [-0.39, 0.29) is 5.56 Å². The highest BCUT2D eigenvalue weighted by atomic mass is 16.5. The van der Waals surface area contributed by atoms with Crippen LogP contribution in [0.2, 0.25) is 0 Å². The molecule has 0 aliphatic heterocycles. The molecule has 0 saturated carbocycles. The highest BCUT2D eigenvalue weighted by molar-refractivity contribution is 5.71. The number of H-pyrrole nitrogens is 1. The number of hydrogen-bond acceptors (Lipinski definition) is 4. The third-order valence-corrected chi connectivity index (χ3v) is 3.19. The molecule has 5 heteroatoms. The van der Waals surface area contributed by atoms with Gasteiger partial charge in [-0.1, -0.05) is 0 Å². The molecule has 0 fully saturated rings. The summed E-state index contributed by atoms with van der Waals surface area (Å²) >= 11 is 0. The first-order valence-corrected chi connectivity index (χ1v) is 5.86. The molecule has 5 nitrogen and oxygen atoms in total. The lowest BCUT2D eigenvalue weighted by atomic mass is 10.0. The number of rotatable bonds is 3. The predicted octanol–water partition coefficient (Wildman–Crippen LogP) is 2.07. The van der Waals surface area contributed by atoms with Gasteiger partial charge < -0.3 is 9.47 Å². The van der Waals surface area contributed by atoms with Crippen LogP contribution in [0.5, 0.6) is 11.5 Å². The fraction of sp³-hybridized carbons (Fsp3) is 0.286. The second kappa shape index (κ2) is 5.14. The first kappa shape index (κ1) is 13.1. The Hall–Kier alpha value is -2.30. The molecule has 0 atom stereocenters. The minimum Gasteiger partial charge on any atom is -0.497 e. The summed E-state index contributed by atoms with van der Waals surface area (Å²) in [6, 6.07) is 5.49. The van der Waals surface area contributed by atoms with E-state index in [9.17, 15) is 4.79 Å². The molecule has 0 unspecified atom stereocenters. The number of benzene rings is 1. The molecule has 0 aliphatic rings. The molecule has 19 heavy (non-hydrogen) atoms. The normalized spacial score (nSPS) is 10.3. The summed E-state index contributed by atoms with van der Waals surface area (Å²) in [4.78, 5) is 11.5. The van der Waals surface area contributed by atoms with Crippen molar-refractivity contribution in [1.29, 1.82) is 0 Å². The SMILES string of the molecule is COc1ccc(-c2n[nH]c(=O)c(C)c2C)c(OC)c1. The third kappa shape index (κ3) is 2.31. The highest BCUT2D eigenvalue weighted by Crippen LogP contribution is 2.33. The number of nitrogens with zero attached hydrogens (tertiary/aromatic N) is 1. The van der Waals surface area contributed by atoms with Gasteiger partial charge in [-0.2, -0.15) is 5.10 Å². The van der Waals surface area contributed by atoms with Crippen LogP contribution in [-0.4, -0.2) is 24.4 Å². The average molecular weight is 260 g/mol. The molecule has 100 valence electrons. The Kier molecular flexibility index (Phi) is 3.55. The monoisotopic (exact) mass is 260 g/mol. The van der Waals surface area contributed by atoms with Crippen molar-refractivity contribution in [2.75, 3.05) is 14.2 Å². The lowest BCUT2D eigenvalue weighted by molar-refractivity contribution is 0.395. The number of methoxy groups -OCH3 is 2. The van der Waals surface area contributed by atoms with E-state index < -0.39 is 0 Å². The fourth-order valence-corrected chi connectivity index (χ4v) is 1.88. The molecule has 0 aliphatic carbocycles. The van der Waals surface area contributed by atoms with Crippen LogP contribution in [0.25, 0.3) is 11.3 Å². The molecule has 1 N–H and O–H groups in total. The third-order valence-electron chi connectivity index (χ3n) is 3.19. The smallest absolute Gasteiger partial charge is 0.267 e. The van der Waals surface area contributed by atoms with E-state index in [1.165, 1.54) is 0 Å². The van der Waals surface area contributed by atoms with Crippen LogP contribution in [-0.2, 0) is 0 Å². The first-order chi connectivity index (χ1) is 9.08. The summed E-state index contributed by atoms with van der Waals surface area (Å²) in [5.74, 6) is 1.36. The van der Waals surface area contributed by atoms with Crippen molar-refractivity contribution in [3.63, 3.8) is 0 Å². The van der Waals surface area contributed by atoms with Crippen molar-refractivity contribution in [3.05, 3.63) is 39.7 Å². The largest absolute Gasteiger partial charge is 0.497 e. The van der Waals surface area contributed by atoms with E-state index in [0.29, 0.717) is 22.8 Å². The van der Waals surface area contributed by atoms with Gasteiger partial charge in [-0.25, -0.2) is 5.10 Å². The van der Waals surface area contributed by atoms with Crippen molar-refractivity contribution in [2.45, 2.75) is 13.8 Å². The van der Waals surface area contributed by atoms with Gasteiger partial charge in [-0.15, -0.1) is 0 Å². The maximum Gasteiger partial charge on any atom is 0.267 e. The fourth-order valence-electron chi connectivity index (χ4n) is 1.88. The van der Waals surface area contributed by atoms with Crippen molar-refractivity contribution in [3.8, 4) is 22.8 Å². The van der Waals surface area contributed by atoms with Crippen LogP contribution in [0.15, 0.2) is 23.0 Å². The summed E-state index contributed by atoms with van der Waals surface area (Å²) in [7, 11) is 3.19. The zero-order chi connectivity index (χ0) is 14.0. The summed E-state index contributed by atoms with van der Waals surface area (Å²) in [6.07, 6.45) is 0. The summed E-state index contributed by atoms with van der Waals surface area (Å²) in [5, 5.41) is 6.61. The van der Waals surface area contributed by atoms with Crippen molar-refractivity contribution >= 4 is 0 Å². The summed E-state index contributed by atoms with van der Waals surface area (Å²) < 4.78 is 10.5. The van der Waals surface area contributed by atoms with Crippen molar-refractivity contribution in [2.24, 2.45) is 0 Å². The van der Waals surface area contributed by atoms with Gasteiger partial charge in [0.2, 0.25) is 0 Å². The van der Waals surface area contributed by atoms with E-state index in [1.54, 1.807) is 27.2 Å². The molecular weight excluding hydrogens is 244 g/mol. The number of ether oxygens (including phenoxy) is 2. The lowest BCUT2D eigenvalue weighted by Crippen LogP contribution is -2.14. The van der Waals surface area contributed by atoms with Crippen molar-refractivity contribution < 1.29 is 9.47 Å². The molecule has 2 aromatic rings. The van der Waals surface area contributed by atoms with E-state index in [4.69, 9.17) is 9.47 Å². The molecular formula is C14H16N2O3. The molecule has 1 aromatic carbocycles. The van der Waals surface area contributed by atoms with Gasteiger partial charge in [0.25, 0.3) is 5.56 Å². The highest BCUT2D eigenvalue weighted by Gasteiger charge is 2.14. The summed E-state index contributed by atoms with van der Waals surface area (Å²) in [6.45, 7) is 3.64. The minimum absolute atomic E-state index is 0.172. The number of aromatic amines is 1. The molecule has 0 amide bonds. The van der Waals surface area contributed by atoms with Gasteiger partial charge in [-0.05, 0) is 31.5 Å². The molecule has 1 heterocycles. The number of aromatic nitrogens is 2. The van der Waals surface area contributed by atoms with Gasteiger partial charge in [0.15, 0.2) is 0 Å².